The molecule has 2 aromatic rings. The molecular weight excluding hydrogens is 349 g/mol. The Hall–Kier alpha value is -2.48. The molecule has 2 heterocycles. The molecule has 4 unspecified atom stereocenters. The lowest BCUT2D eigenvalue weighted by Crippen LogP contribution is -2.52. The first-order chi connectivity index (χ1) is 13.2. The number of hydrogen-bond acceptors (Lipinski definition) is 5. The highest BCUT2D eigenvalue weighted by atomic mass is 19.1. The molecule has 2 aromatic carbocycles. The van der Waals surface area contributed by atoms with Crippen molar-refractivity contribution in [3.8, 4) is 5.75 Å². The van der Waals surface area contributed by atoms with Gasteiger partial charge in [0.05, 0.1) is 18.8 Å². The fourth-order valence-corrected chi connectivity index (χ4v) is 4.10. The van der Waals surface area contributed by atoms with Gasteiger partial charge in [-0.3, -0.25) is 4.79 Å². The summed E-state index contributed by atoms with van der Waals surface area (Å²) in [5, 5.41) is 12.1. The van der Waals surface area contributed by atoms with Gasteiger partial charge in [-0.15, -0.1) is 0 Å². The molecule has 0 saturated carbocycles. The second-order valence-electron chi connectivity index (χ2n) is 6.86. The van der Waals surface area contributed by atoms with E-state index in [9.17, 15) is 9.18 Å². The Kier molecular flexibility index (Phi) is 5.07. The number of halogens is 1. The molecule has 7 heteroatoms. The number of rotatable bonds is 5. The number of aliphatic hydroxyl groups is 1. The normalized spacial score (nSPS) is 27.1. The van der Waals surface area contributed by atoms with Gasteiger partial charge in [0.25, 0.3) is 0 Å². The quantitative estimate of drug-likeness (QED) is 0.642. The van der Waals surface area contributed by atoms with Crippen molar-refractivity contribution in [1.29, 1.82) is 0 Å². The van der Waals surface area contributed by atoms with Gasteiger partial charge in [0.15, 0.2) is 0 Å². The van der Waals surface area contributed by atoms with E-state index < -0.39 is 0 Å². The Labute approximate surface area is 156 Å². The van der Waals surface area contributed by atoms with Crippen LogP contribution < -0.4 is 20.9 Å². The summed E-state index contributed by atoms with van der Waals surface area (Å²) in [6.45, 7) is 0.120. The largest absolute Gasteiger partial charge is 0.491 e. The van der Waals surface area contributed by atoms with Crippen molar-refractivity contribution in [3.63, 3.8) is 0 Å². The van der Waals surface area contributed by atoms with Gasteiger partial charge in [-0.05, 0) is 29.3 Å². The van der Waals surface area contributed by atoms with E-state index in [4.69, 9.17) is 9.84 Å². The molecule has 1 amide bonds. The van der Waals surface area contributed by atoms with Gasteiger partial charge < -0.3 is 15.2 Å². The van der Waals surface area contributed by atoms with Gasteiger partial charge >= 0.3 is 0 Å². The van der Waals surface area contributed by atoms with Crippen molar-refractivity contribution in [1.82, 2.24) is 16.2 Å². The second-order valence-corrected chi connectivity index (χ2v) is 6.86. The van der Waals surface area contributed by atoms with Crippen LogP contribution in [-0.2, 0) is 4.79 Å². The summed E-state index contributed by atoms with van der Waals surface area (Å²) in [6.07, 6.45) is 0.0963. The van der Waals surface area contributed by atoms with Crippen LogP contribution in [-0.4, -0.2) is 30.4 Å². The summed E-state index contributed by atoms with van der Waals surface area (Å²) in [4.78, 5) is 12.3. The van der Waals surface area contributed by atoms with Crippen LogP contribution in [0.2, 0.25) is 0 Å². The lowest BCUT2D eigenvalue weighted by molar-refractivity contribution is -0.125. The first kappa shape index (κ1) is 17.9. The van der Waals surface area contributed by atoms with Crippen molar-refractivity contribution in [3.05, 3.63) is 65.5 Å². The molecular formula is C20H22FN3O3. The van der Waals surface area contributed by atoms with Crippen molar-refractivity contribution in [2.75, 3.05) is 13.2 Å². The Morgan fingerprint density at radius 1 is 1.11 bits per heavy atom. The van der Waals surface area contributed by atoms with Gasteiger partial charge in [0.2, 0.25) is 5.91 Å². The first-order valence-corrected chi connectivity index (χ1v) is 9.06. The number of amides is 1. The zero-order valence-electron chi connectivity index (χ0n) is 14.7. The highest BCUT2D eigenvalue weighted by Crippen LogP contribution is 2.45. The maximum absolute atomic E-state index is 13.3. The Morgan fingerprint density at radius 2 is 1.89 bits per heavy atom. The van der Waals surface area contributed by atoms with E-state index in [0.717, 1.165) is 11.1 Å². The third-order valence-corrected chi connectivity index (χ3v) is 5.25. The van der Waals surface area contributed by atoms with Crippen LogP contribution in [0.3, 0.4) is 0 Å². The molecule has 142 valence electrons. The van der Waals surface area contributed by atoms with Crippen molar-refractivity contribution in [2.24, 2.45) is 5.92 Å². The van der Waals surface area contributed by atoms with E-state index in [0.29, 0.717) is 12.2 Å². The molecule has 2 saturated heterocycles. The fraction of sp³-hybridized carbons (Fsp3) is 0.350. The minimum Gasteiger partial charge on any atom is -0.491 e. The molecule has 0 aliphatic carbocycles. The zero-order chi connectivity index (χ0) is 18.8. The third kappa shape index (κ3) is 3.53. The number of piperidine rings is 1. The number of carbonyl (C=O) groups excluding carboxylic acids is 1. The van der Waals surface area contributed by atoms with Gasteiger partial charge in [-0.2, -0.15) is 0 Å². The van der Waals surface area contributed by atoms with Crippen LogP contribution in [0.5, 0.6) is 5.75 Å². The molecule has 2 aliphatic heterocycles. The van der Waals surface area contributed by atoms with Crippen molar-refractivity contribution < 1.29 is 19.0 Å². The summed E-state index contributed by atoms with van der Waals surface area (Å²) < 4.78 is 19.0. The Balaban J connectivity index is 1.70. The summed E-state index contributed by atoms with van der Waals surface area (Å²) >= 11 is 0. The fourth-order valence-electron chi connectivity index (χ4n) is 4.10. The second kappa shape index (κ2) is 7.64. The molecule has 0 bridgehead atoms. The van der Waals surface area contributed by atoms with E-state index in [1.54, 1.807) is 12.1 Å². The van der Waals surface area contributed by atoms with Crippen molar-refractivity contribution in [2.45, 2.75) is 24.5 Å². The third-order valence-electron chi connectivity index (χ3n) is 5.25. The average molecular weight is 371 g/mol. The molecule has 4 atom stereocenters. The maximum atomic E-state index is 13.3. The standard InChI is InChI=1S/C20H22FN3O3/c21-13-7-5-12(6-8-13)19-18-15(11-17(26)22-20(18)24-23-19)14-3-1-2-4-16(14)27-10-9-25/h1-8,15,18-20,23-25H,9-11H2,(H,22,26). The van der Waals surface area contributed by atoms with E-state index in [-0.39, 0.29) is 49.0 Å². The van der Waals surface area contributed by atoms with Crippen LogP contribution in [0.1, 0.15) is 29.5 Å². The van der Waals surface area contributed by atoms with Crippen molar-refractivity contribution >= 4 is 5.91 Å². The van der Waals surface area contributed by atoms with Crippen LogP contribution in [0.15, 0.2) is 48.5 Å². The van der Waals surface area contributed by atoms with Crippen LogP contribution in [0.4, 0.5) is 4.39 Å². The molecule has 4 N–H and O–H groups in total. The summed E-state index contributed by atoms with van der Waals surface area (Å²) in [5.41, 5.74) is 8.30. The molecule has 0 radical (unpaired) electrons. The van der Waals surface area contributed by atoms with Gasteiger partial charge in [0, 0.05) is 18.3 Å². The highest BCUT2D eigenvalue weighted by Gasteiger charge is 2.47. The first-order valence-electron chi connectivity index (χ1n) is 9.06. The van der Waals surface area contributed by atoms with Gasteiger partial charge in [-0.1, -0.05) is 30.3 Å². The molecule has 0 spiro atoms. The SMILES string of the molecule is O=C1CC(c2ccccc2OCCO)C2C(NNC2c2ccc(F)cc2)N1. The number of para-hydroxylation sites is 1. The van der Waals surface area contributed by atoms with Crippen LogP contribution in [0.25, 0.3) is 0 Å². The molecule has 2 fully saturated rings. The molecule has 2 aliphatic rings. The Bertz CT molecular complexity index is 814. The lowest BCUT2D eigenvalue weighted by atomic mass is 9.74. The molecule has 27 heavy (non-hydrogen) atoms. The zero-order valence-corrected chi connectivity index (χ0v) is 14.7. The predicted molar refractivity (Wildman–Crippen MR) is 97.2 cm³/mol. The number of benzene rings is 2. The average Bonchev–Trinajstić information content (AvgIpc) is 3.10. The number of ether oxygens (including phenoxy) is 1. The predicted octanol–water partition coefficient (Wildman–Crippen LogP) is 1.59. The van der Waals surface area contributed by atoms with Crippen LogP contribution >= 0.6 is 0 Å². The number of aliphatic hydroxyl groups excluding tert-OH is 1. The number of hydrogen-bond donors (Lipinski definition) is 4. The minimum atomic E-state index is -0.280. The van der Waals surface area contributed by atoms with E-state index in [1.807, 2.05) is 24.3 Å². The number of nitrogens with one attached hydrogen (secondary N) is 3. The summed E-state index contributed by atoms with van der Waals surface area (Å²) in [5.74, 6) is 0.294. The lowest BCUT2D eigenvalue weighted by Gasteiger charge is -2.36. The van der Waals surface area contributed by atoms with E-state index in [2.05, 4.69) is 16.2 Å². The number of fused-ring (bicyclic) bond motifs is 1. The maximum Gasteiger partial charge on any atom is 0.221 e. The topological polar surface area (TPSA) is 82.6 Å². The summed E-state index contributed by atoms with van der Waals surface area (Å²) in [7, 11) is 0. The minimum absolute atomic E-state index is 0.0204. The smallest absolute Gasteiger partial charge is 0.221 e. The molecule has 6 nitrogen and oxygen atoms in total. The summed E-state index contributed by atoms with van der Waals surface area (Å²) in [6, 6.07) is 13.9. The van der Waals surface area contributed by atoms with E-state index >= 15 is 0 Å². The van der Waals surface area contributed by atoms with Crippen LogP contribution in [0, 0.1) is 11.7 Å². The molecule has 0 aromatic heterocycles. The monoisotopic (exact) mass is 371 g/mol. The van der Waals surface area contributed by atoms with Gasteiger partial charge in [0.1, 0.15) is 18.2 Å². The van der Waals surface area contributed by atoms with Gasteiger partial charge in [-0.25, -0.2) is 15.2 Å². The highest BCUT2D eigenvalue weighted by molar-refractivity contribution is 5.78. The number of carbonyl (C=O) groups is 1. The van der Waals surface area contributed by atoms with E-state index in [1.165, 1.54) is 12.1 Å². The Morgan fingerprint density at radius 3 is 2.67 bits per heavy atom. The number of hydrazine groups is 1. The molecule has 4 rings (SSSR count).